The maximum absolute atomic E-state index is 13.3. The average molecular weight is 547 g/mol. The molecule has 0 spiro atoms. The number of urea groups is 1. The Balaban J connectivity index is 1.38. The molecule has 0 unspecified atom stereocenters. The van der Waals surface area contributed by atoms with Crippen molar-refractivity contribution in [3.8, 4) is 22.8 Å². The summed E-state index contributed by atoms with van der Waals surface area (Å²) in [6, 6.07) is 18.7. The number of rotatable bonds is 9. The van der Waals surface area contributed by atoms with Crippen LogP contribution in [0.15, 0.2) is 60.7 Å². The molecule has 0 bridgehead atoms. The second-order valence-electron chi connectivity index (χ2n) is 10.0. The topological polar surface area (TPSA) is 100 Å². The van der Waals surface area contributed by atoms with Gasteiger partial charge in [-0.25, -0.2) is 4.79 Å². The van der Waals surface area contributed by atoms with Crippen LogP contribution in [0.4, 0.5) is 10.6 Å². The maximum atomic E-state index is 13.3. The molecule has 212 valence electrons. The number of hydrogen-bond donors (Lipinski definition) is 1. The van der Waals surface area contributed by atoms with Crippen LogP contribution in [0.2, 0.25) is 0 Å². The summed E-state index contributed by atoms with van der Waals surface area (Å²) in [5, 5.41) is 11.8. The molecule has 4 rings (SSSR count). The molecule has 0 aliphatic carbocycles. The highest BCUT2D eigenvalue weighted by atomic mass is 16.5. The van der Waals surface area contributed by atoms with Crippen LogP contribution in [0.25, 0.3) is 11.3 Å². The molecule has 1 fully saturated rings. The highest BCUT2D eigenvalue weighted by Crippen LogP contribution is 2.31. The third kappa shape index (κ3) is 6.80. The summed E-state index contributed by atoms with van der Waals surface area (Å²) in [4.78, 5) is 31.9. The van der Waals surface area contributed by atoms with E-state index in [0.717, 1.165) is 22.6 Å². The number of nitrogens with zero attached hydrogens (tertiary/aromatic N) is 5. The molecule has 0 radical (unpaired) electrons. The molecule has 3 amide bonds. The molecule has 3 aromatic rings. The quantitative estimate of drug-likeness (QED) is 0.433. The fourth-order valence-corrected chi connectivity index (χ4v) is 4.70. The predicted octanol–water partition coefficient (Wildman–Crippen LogP) is 3.99. The van der Waals surface area contributed by atoms with Crippen molar-refractivity contribution >= 4 is 17.8 Å². The minimum absolute atomic E-state index is 0.00837. The molecule has 1 N–H and O–H groups in total. The fraction of sp³-hybridized carbons (Fsp3) is 0.400. The average Bonchev–Trinajstić information content (AvgIpc) is 2.99. The molecule has 1 aliphatic rings. The van der Waals surface area contributed by atoms with E-state index in [-0.39, 0.29) is 30.6 Å². The monoisotopic (exact) mass is 546 g/mol. The van der Waals surface area contributed by atoms with Crippen LogP contribution in [0, 0.1) is 0 Å². The molecule has 1 atom stereocenters. The van der Waals surface area contributed by atoms with E-state index in [1.54, 1.807) is 19.1 Å². The summed E-state index contributed by atoms with van der Waals surface area (Å²) >= 11 is 0. The minimum atomic E-state index is -0.247. The molecule has 1 aliphatic heterocycles. The third-order valence-corrected chi connectivity index (χ3v) is 7.01. The van der Waals surface area contributed by atoms with Gasteiger partial charge in [0.1, 0.15) is 6.54 Å². The van der Waals surface area contributed by atoms with Gasteiger partial charge >= 0.3 is 6.03 Å². The molecule has 10 heteroatoms. The first-order chi connectivity index (χ1) is 19.3. The molecular formula is C30H38N6O4. The van der Waals surface area contributed by atoms with Gasteiger partial charge in [-0.1, -0.05) is 30.3 Å². The van der Waals surface area contributed by atoms with Crippen LogP contribution in [0.1, 0.15) is 32.4 Å². The number of nitrogens with one attached hydrogen (secondary N) is 1. The highest BCUT2D eigenvalue weighted by molar-refractivity contribution is 5.84. The molecule has 1 saturated heterocycles. The first-order valence-electron chi connectivity index (χ1n) is 13.5. The summed E-state index contributed by atoms with van der Waals surface area (Å²) in [6.07, 6.45) is 0. The number of amides is 3. The lowest BCUT2D eigenvalue weighted by Gasteiger charge is -2.37. The van der Waals surface area contributed by atoms with E-state index in [1.165, 1.54) is 0 Å². The van der Waals surface area contributed by atoms with Crippen LogP contribution >= 0.6 is 0 Å². The maximum Gasteiger partial charge on any atom is 0.318 e. The van der Waals surface area contributed by atoms with Crippen molar-refractivity contribution in [2.24, 2.45) is 0 Å². The van der Waals surface area contributed by atoms with Crippen LogP contribution in [0.3, 0.4) is 0 Å². The zero-order valence-electron chi connectivity index (χ0n) is 23.8. The largest absolute Gasteiger partial charge is 0.493 e. The van der Waals surface area contributed by atoms with E-state index in [9.17, 15) is 9.59 Å². The van der Waals surface area contributed by atoms with Crippen molar-refractivity contribution < 1.29 is 19.1 Å². The normalized spacial score (nSPS) is 14.1. The Morgan fingerprint density at radius 2 is 1.60 bits per heavy atom. The molecule has 10 nitrogen and oxygen atoms in total. The zero-order chi connectivity index (χ0) is 28.6. The lowest BCUT2D eigenvalue weighted by Crippen LogP contribution is -2.53. The summed E-state index contributed by atoms with van der Waals surface area (Å²) in [7, 11) is 3.20. The zero-order valence-corrected chi connectivity index (χ0v) is 23.8. The van der Waals surface area contributed by atoms with Gasteiger partial charge in [-0.15, -0.1) is 10.2 Å². The van der Waals surface area contributed by atoms with E-state index < -0.39 is 0 Å². The number of hydrogen-bond acceptors (Lipinski definition) is 7. The lowest BCUT2D eigenvalue weighted by atomic mass is 10.1. The standard InChI is InChI=1S/C30H38N6O4/c1-21(2)31-30(38)36(22(3)23-9-7-6-8-10-23)20-29(37)35-17-15-34(16-18-35)28-14-12-25(32-33-28)24-11-13-26(39-4)27(19-24)40-5/h6-14,19,21-22H,15-18,20H2,1-5H3,(H,31,38)/t22-/m1/s1. The number of carbonyl (C=O) groups excluding carboxylic acids is 2. The molecular weight excluding hydrogens is 508 g/mol. The Bertz CT molecular complexity index is 1280. The van der Waals surface area contributed by atoms with Gasteiger partial charge in [0, 0.05) is 37.8 Å². The van der Waals surface area contributed by atoms with Gasteiger partial charge in [0.2, 0.25) is 5.91 Å². The Kier molecular flexibility index (Phi) is 9.42. The molecule has 0 saturated carbocycles. The van der Waals surface area contributed by atoms with Gasteiger partial charge in [0.15, 0.2) is 17.3 Å². The fourth-order valence-electron chi connectivity index (χ4n) is 4.70. The number of ether oxygens (including phenoxy) is 2. The Labute approximate surface area is 235 Å². The Morgan fingerprint density at radius 3 is 2.20 bits per heavy atom. The lowest BCUT2D eigenvalue weighted by molar-refractivity contribution is -0.132. The molecule has 2 aromatic carbocycles. The second-order valence-corrected chi connectivity index (χ2v) is 10.0. The highest BCUT2D eigenvalue weighted by Gasteiger charge is 2.29. The van der Waals surface area contributed by atoms with E-state index in [1.807, 2.05) is 86.3 Å². The second kappa shape index (κ2) is 13.1. The number of aromatic nitrogens is 2. The van der Waals surface area contributed by atoms with Crippen LogP contribution in [-0.4, -0.2) is 84.9 Å². The first kappa shape index (κ1) is 28.7. The van der Waals surface area contributed by atoms with Gasteiger partial charge < -0.3 is 29.5 Å². The molecule has 40 heavy (non-hydrogen) atoms. The smallest absolute Gasteiger partial charge is 0.318 e. The summed E-state index contributed by atoms with van der Waals surface area (Å²) in [5.74, 6) is 1.97. The van der Waals surface area contributed by atoms with Crippen LogP contribution in [0.5, 0.6) is 11.5 Å². The van der Waals surface area contributed by atoms with Gasteiger partial charge in [-0.3, -0.25) is 4.79 Å². The molecule has 1 aromatic heterocycles. The Hall–Kier alpha value is -4.34. The van der Waals surface area contributed by atoms with Gasteiger partial charge in [-0.05, 0) is 56.7 Å². The van der Waals surface area contributed by atoms with E-state index in [4.69, 9.17) is 9.47 Å². The van der Waals surface area contributed by atoms with Crippen LogP contribution in [-0.2, 0) is 4.79 Å². The molecule has 2 heterocycles. The van der Waals surface area contributed by atoms with Crippen molar-refractivity contribution in [1.82, 2.24) is 25.3 Å². The van der Waals surface area contributed by atoms with E-state index in [2.05, 4.69) is 20.4 Å². The number of methoxy groups -OCH3 is 2. The predicted molar refractivity (Wildman–Crippen MR) is 155 cm³/mol. The van der Waals surface area contributed by atoms with E-state index in [0.29, 0.717) is 37.7 Å². The summed E-state index contributed by atoms with van der Waals surface area (Å²) < 4.78 is 10.7. The number of piperazine rings is 1. The van der Waals surface area contributed by atoms with Crippen molar-refractivity contribution in [2.45, 2.75) is 32.9 Å². The number of anilines is 1. The first-order valence-corrected chi connectivity index (χ1v) is 13.5. The minimum Gasteiger partial charge on any atom is -0.493 e. The van der Waals surface area contributed by atoms with E-state index >= 15 is 0 Å². The number of benzene rings is 2. The van der Waals surface area contributed by atoms with Gasteiger partial charge in [0.05, 0.1) is 26.0 Å². The van der Waals surface area contributed by atoms with Gasteiger partial charge in [-0.2, -0.15) is 0 Å². The van der Waals surface area contributed by atoms with Crippen molar-refractivity contribution in [2.75, 3.05) is 51.8 Å². The Morgan fingerprint density at radius 1 is 0.900 bits per heavy atom. The van der Waals surface area contributed by atoms with Gasteiger partial charge in [0.25, 0.3) is 0 Å². The van der Waals surface area contributed by atoms with Crippen LogP contribution < -0.4 is 19.7 Å². The van der Waals surface area contributed by atoms with Crippen molar-refractivity contribution in [3.05, 3.63) is 66.2 Å². The van der Waals surface area contributed by atoms with Crippen molar-refractivity contribution in [1.29, 1.82) is 0 Å². The third-order valence-electron chi connectivity index (χ3n) is 7.01. The SMILES string of the molecule is COc1ccc(-c2ccc(N3CCN(C(=O)CN(C(=O)NC(C)C)[C@H](C)c4ccccc4)CC3)nn2)cc1OC. The van der Waals surface area contributed by atoms with Crippen molar-refractivity contribution in [3.63, 3.8) is 0 Å². The number of carbonyl (C=O) groups is 2. The summed E-state index contributed by atoms with van der Waals surface area (Å²) in [5.41, 5.74) is 2.59. The summed E-state index contributed by atoms with van der Waals surface area (Å²) in [6.45, 7) is 8.11.